The number of amides is 1. The minimum Gasteiger partial charge on any atom is -0.352 e. The molecule has 0 aromatic heterocycles. The molecule has 0 spiro atoms. The van der Waals surface area contributed by atoms with E-state index in [1.54, 1.807) is 30.0 Å². The number of hydrogen-bond acceptors (Lipinski definition) is 3. The van der Waals surface area contributed by atoms with Crippen LogP contribution in [-0.4, -0.2) is 24.3 Å². The molecule has 0 aliphatic carbocycles. The first-order valence-corrected chi connectivity index (χ1v) is 11.1. The van der Waals surface area contributed by atoms with Gasteiger partial charge in [0.1, 0.15) is 0 Å². The fourth-order valence-electron chi connectivity index (χ4n) is 3.42. The zero-order valence-electron chi connectivity index (χ0n) is 17.4. The number of carbonyl (C=O) groups is 1. The van der Waals surface area contributed by atoms with Gasteiger partial charge < -0.3 is 5.32 Å². The molecule has 0 atom stereocenters. The Bertz CT molecular complexity index is 1170. The number of carbonyl (C=O) groups excluding carboxylic acids is 1. The Labute approximate surface area is 188 Å². The highest BCUT2D eigenvalue weighted by molar-refractivity contribution is 7.99. The lowest BCUT2D eigenvalue weighted by atomic mass is 10.00. The summed E-state index contributed by atoms with van der Waals surface area (Å²) in [6.07, 6.45) is -4.43. The predicted octanol–water partition coefficient (Wildman–Crippen LogP) is 6.56. The molecule has 164 valence electrons. The average molecular weight is 455 g/mol. The van der Waals surface area contributed by atoms with E-state index < -0.39 is 25.0 Å². The summed E-state index contributed by atoms with van der Waals surface area (Å²) in [7, 11) is 0. The maximum absolute atomic E-state index is 12.4. The Morgan fingerprint density at radius 2 is 1.75 bits per heavy atom. The lowest BCUT2D eigenvalue weighted by molar-refractivity contribution is -0.132. The molecular formula is C25H21F3N2OS. The summed E-state index contributed by atoms with van der Waals surface area (Å²) in [5, 5.41) is 2.34. The molecule has 0 radical (unpaired) electrons. The quantitative estimate of drug-likeness (QED) is 0.371. The van der Waals surface area contributed by atoms with Crippen molar-refractivity contribution in [3.63, 3.8) is 0 Å². The van der Waals surface area contributed by atoms with E-state index in [2.05, 4.69) is 24.4 Å². The largest absolute Gasteiger partial charge is 0.390 e. The zero-order valence-corrected chi connectivity index (χ0v) is 18.2. The number of benzene rings is 3. The van der Waals surface area contributed by atoms with Crippen molar-refractivity contribution in [3.05, 3.63) is 89.0 Å². The van der Waals surface area contributed by atoms with Crippen molar-refractivity contribution in [1.82, 2.24) is 5.32 Å². The highest BCUT2D eigenvalue weighted by Gasteiger charge is 2.27. The first-order valence-electron chi connectivity index (χ1n) is 10.3. The Hall–Kier alpha value is -3.06. The first-order chi connectivity index (χ1) is 15.3. The smallest absolute Gasteiger partial charge is 0.352 e. The second-order valence-electron chi connectivity index (χ2n) is 7.41. The van der Waals surface area contributed by atoms with Gasteiger partial charge in [-0.05, 0) is 36.2 Å². The number of hydrogen-bond donors (Lipinski definition) is 1. The third kappa shape index (κ3) is 5.05. The Morgan fingerprint density at radius 3 is 2.47 bits per heavy atom. The van der Waals surface area contributed by atoms with Crippen molar-refractivity contribution in [1.29, 1.82) is 0 Å². The van der Waals surface area contributed by atoms with Gasteiger partial charge in [0.05, 0.1) is 17.8 Å². The molecular weight excluding hydrogens is 433 g/mol. The molecule has 1 aliphatic heterocycles. The summed E-state index contributed by atoms with van der Waals surface area (Å²) in [5.41, 5.74) is 4.87. The molecule has 0 saturated heterocycles. The summed E-state index contributed by atoms with van der Waals surface area (Å²) >= 11 is 1.56. The van der Waals surface area contributed by atoms with E-state index in [-0.39, 0.29) is 5.56 Å². The van der Waals surface area contributed by atoms with Gasteiger partial charge in [0, 0.05) is 33.0 Å². The van der Waals surface area contributed by atoms with Crippen LogP contribution >= 0.6 is 11.8 Å². The Balaban J connectivity index is 1.70. The van der Waals surface area contributed by atoms with Crippen LogP contribution in [0, 0.1) is 0 Å². The van der Waals surface area contributed by atoms with Crippen LogP contribution in [0.5, 0.6) is 0 Å². The molecule has 7 heteroatoms. The number of halogens is 3. The minimum absolute atomic E-state index is 0.280. The number of rotatable bonds is 5. The third-order valence-electron chi connectivity index (χ3n) is 5.15. The van der Waals surface area contributed by atoms with Crippen molar-refractivity contribution in [2.24, 2.45) is 4.99 Å². The van der Waals surface area contributed by atoms with Gasteiger partial charge in [0.15, 0.2) is 0 Å². The molecule has 1 aliphatic rings. The van der Waals surface area contributed by atoms with Crippen LogP contribution < -0.4 is 5.32 Å². The molecule has 0 saturated carbocycles. The van der Waals surface area contributed by atoms with Crippen molar-refractivity contribution in [2.75, 3.05) is 6.54 Å². The van der Waals surface area contributed by atoms with Gasteiger partial charge in [-0.1, -0.05) is 61.2 Å². The SMILES string of the molecule is CCc1ccc(C2=Nc3cc(C(=O)NCCC(F)(F)F)ccc3Sc3ccccc32)cc1. The van der Waals surface area contributed by atoms with Gasteiger partial charge in [-0.15, -0.1) is 0 Å². The number of aryl methyl sites for hydroxylation is 1. The highest BCUT2D eigenvalue weighted by Crippen LogP contribution is 2.41. The Morgan fingerprint density at radius 1 is 1.00 bits per heavy atom. The summed E-state index contributed by atoms with van der Waals surface area (Å²) in [6, 6.07) is 21.3. The van der Waals surface area contributed by atoms with E-state index in [0.29, 0.717) is 5.69 Å². The Kier molecular flexibility index (Phi) is 6.37. The number of fused-ring (bicyclic) bond motifs is 2. The van der Waals surface area contributed by atoms with Gasteiger partial charge in [-0.3, -0.25) is 4.79 Å². The fraction of sp³-hybridized carbons (Fsp3) is 0.200. The summed E-state index contributed by atoms with van der Waals surface area (Å²) in [6.45, 7) is 1.64. The van der Waals surface area contributed by atoms with Crippen LogP contribution in [0.2, 0.25) is 0 Å². The molecule has 32 heavy (non-hydrogen) atoms. The van der Waals surface area contributed by atoms with Gasteiger partial charge >= 0.3 is 6.18 Å². The minimum atomic E-state index is -4.31. The summed E-state index contributed by atoms with van der Waals surface area (Å²) in [4.78, 5) is 19.2. The van der Waals surface area contributed by atoms with Crippen molar-refractivity contribution < 1.29 is 18.0 Å². The number of nitrogens with one attached hydrogen (secondary N) is 1. The normalized spacial score (nSPS) is 12.9. The van der Waals surface area contributed by atoms with Crippen molar-refractivity contribution in [3.8, 4) is 0 Å². The lowest BCUT2D eigenvalue weighted by Gasteiger charge is -2.10. The van der Waals surface area contributed by atoms with Crippen LogP contribution in [0.15, 0.2) is 81.5 Å². The van der Waals surface area contributed by atoms with E-state index in [9.17, 15) is 18.0 Å². The highest BCUT2D eigenvalue weighted by atomic mass is 32.2. The molecule has 0 bridgehead atoms. The molecule has 3 aromatic carbocycles. The van der Waals surface area contributed by atoms with Crippen molar-refractivity contribution >= 4 is 29.1 Å². The van der Waals surface area contributed by atoms with Gasteiger partial charge in [0.2, 0.25) is 0 Å². The second-order valence-corrected chi connectivity index (χ2v) is 8.50. The summed E-state index contributed by atoms with van der Waals surface area (Å²) < 4.78 is 37.2. The van der Waals surface area contributed by atoms with E-state index in [1.807, 2.05) is 36.4 Å². The van der Waals surface area contributed by atoms with E-state index in [0.717, 1.165) is 33.1 Å². The maximum Gasteiger partial charge on any atom is 0.390 e. The monoisotopic (exact) mass is 454 g/mol. The second kappa shape index (κ2) is 9.20. The standard InChI is InChI=1S/C25H21F3N2OS/c1-2-16-7-9-17(10-8-16)23-19-5-3-4-6-21(19)32-22-12-11-18(15-20(22)30-23)24(31)29-14-13-25(26,27)28/h3-12,15H,2,13-14H2,1H3,(H,29,31). The molecule has 0 fully saturated rings. The molecule has 3 nitrogen and oxygen atoms in total. The van der Waals surface area contributed by atoms with Crippen LogP contribution in [0.3, 0.4) is 0 Å². The zero-order chi connectivity index (χ0) is 22.7. The third-order valence-corrected chi connectivity index (χ3v) is 6.29. The van der Waals surface area contributed by atoms with Crippen molar-refractivity contribution in [2.45, 2.75) is 35.7 Å². The molecule has 1 amide bonds. The van der Waals surface area contributed by atoms with Crippen LogP contribution in [0.1, 0.15) is 40.4 Å². The number of nitrogens with zero attached hydrogens (tertiary/aromatic N) is 1. The van der Waals surface area contributed by atoms with Crippen LogP contribution in [0.25, 0.3) is 0 Å². The molecule has 0 unspecified atom stereocenters. The number of alkyl halides is 3. The predicted molar refractivity (Wildman–Crippen MR) is 121 cm³/mol. The van der Waals surface area contributed by atoms with E-state index in [1.165, 1.54) is 5.56 Å². The summed E-state index contributed by atoms with van der Waals surface area (Å²) in [5.74, 6) is -0.548. The van der Waals surface area contributed by atoms with Crippen LogP contribution in [-0.2, 0) is 6.42 Å². The molecule has 1 N–H and O–H groups in total. The lowest BCUT2D eigenvalue weighted by Crippen LogP contribution is -2.27. The number of aliphatic imine (C=N–C) groups is 1. The van der Waals surface area contributed by atoms with E-state index in [4.69, 9.17) is 4.99 Å². The first kappa shape index (κ1) is 22.1. The van der Waals surface area contributed by atoms with Gasteiger partial charge in [-0.25, -0.2) is 4.99 Å². The molecule has 4 rings (SSSR count). The maximum atomic E-state index is 12.4. The molecule has 1 heterocycles. The molecule has 3 aromatic rings. The average Bonchev–Trinajstić information content (AvgIpc) is 2.94. The topological polar surface area (TPSA) is 41.5 Å². The fourth-order valence-corrected chi connectivity index (χ4v) is 4.42. The van der Waals surface area contributed by atoms with Crippen LogP contribution in [0.4, 0.5) is 18.9 Å². The van der Waals surface area contributed by atoms with Gasteiger partial charge in [-0.2, -0.15) is 13.2 Å². The van der Waals surface area contributed by atoms with E-state index >= 15 is 0 Å². The van der Waals surface area contributed by atoms with Gasteiger partial charge in [0.25, 0.3) is 5.91 Å².